The van der Waals surface area contributed by atoms with Crippen molar-refractivity contribution in [2.45, 2.75) is 37.8 Å². The van der Waals surface area contributed by atoms with Crippen LogP contribution in [-0.2, 0) is 4.74 Å². The van der Waals surface area contributed by atoms with Gasteiger partial charge in [-0.3, -0.25) is 4.79 Å². The summed E-state index contributed by atoms with van der Waals surface area (Å²) in [5.41, 5.74) is 8.64. The Morgan fingerprint density at radius 3 is 2.89 bits per heavy atom. The highest BCUT2D eigenvalue weighted by molar-refractivity contribution is 5.95. The van der Waals surface area contributed by atoms with Crippen LogP contribution in [0.3, 0.4) is 0 Å². The van der Waals surface area contributed by atoms with Crippen LogP contribution in [0.4, 0.5) is 5.95 Å². The van der Waals surface area contributed by atoms with Gasteiger partial charge in [0, 0.05) is 16.8 Å². The number of hydrogen-bond donors (Lipinski definition) is 3. The van der Waals surface area contributed by atoms with E-state index in [1.165, 1.54) is 0 Å². The molecular weight excluding hydrogens is 342 g/mol. The number of amides is 1. The number of carbonyl (C=O) groups is 1. The van der Waals surface area contributed by atoms with E-state index in [1.54, 1.807) is 0 Å². The van der Waals surface area contributed by atoms with Gasteiger partial charge in [-0.1, -0.05) is 12.1 Å². The number of benzene rings is 1. The molecule has 2 aliphatic rings. The summed E-state index contributed by atoms with van der Waals surface area (Å²) in [4.78, 5) is 21.1. The first-order valence-corrected chi connectivity index (χ1v) is 9.40. The van der Waals surface area contributed by atoms with Gasteiger partial charge in [-0.2, -0.15) is 0 Å². The number of nitrogens with two attached hydrogens (primary N) is 1. The molecule has 1 aromatic heterocycles. The van der Waals surface area contributed by atoms with Crippen LogP contribution in [0, 0.1) is 6.92 Å². The molecule has 4 N–H and O–H groups in total. The van der Waals surface area contributed by atoms with E-state index in [4.69, 9.17) is 10.5 Å². The molecule has 4 rings (SSSR count). The average Bonchev–Trinajstić information content (AvgIpc) is 3.03. The zero-order valence-electron chi connectivity index (χ0n) is 15.5. The molecule has 2 aliphatic heterocycles. The maximum absolute atomic E-state index is 12.8. The summed E-state index contributed by atoms with van der Waals surface area (Å²) in [6, 6.07) is 9.34. The molecule has 1 aromatic carbocycles. The largest absolute Gasteiger partial charge is 0.373 e. The van der Waals surface area contributed by atoms with Crippen molar-refractivity contribution in [1.82, 2.24) is 20.6 Å². The number of piperidine rings is 1. The van der Waals surface area contributed by atoms with E-state index >= 15 is 0 Å². The van der Waals surface area contributed by atoms with Gasteiger partial charge in [0.25, 0.3) is 5.91 Å². The summed E-state index contributed by atoms with van der Waals surface area (Å²) in [6.45, 7) is 4.40. The Morgan fingerprint density at radius 1 is 1.30 bits per heavy atom. The Morgan fingerprint density at radius 2 is 2.11 bits per heavy atom. The summed E-state index contributed by atoms with van der Waals surface area (Å²) in [6.07, 6.45) is 2.88. The summed E-state index contributed by atoms with van der Waals surface area (Å²) < 4.78 is 6.06. The predicted molar refractivity (Wildman–Crippen MR) is 103 cm³/mol. The van der Waals surface area contributed by atoms with Crippen molar-refractivity contribution in [3.63, 3.8) is 0 Å². The monoisotopic (exact) mass is 367 g/mol. The molecule has 0 aliphatic carbocycles. The van der Waals surface area contributed by atoms with E-state index in [-0.39, 0.29) is 23.5 Å². The number of ether oxygens (including phenoxy) is 1. The van der Waals surface area contributed by atoms with E-state index in [9.17, 15) is 4.79 Å². The van der Waals surface area contributed by atoms with Crippen molar-refractivity contribution in [3.05, 3.63) is 41.6 Å². The topological polar surface area (TPSA) is 102 Å². The van der Waals surface area contributed by atoms with E-state index in [0.29, 0.717) is 17.9 Å². The maximum Gasteiger partial charge on any atom is 0.251 e. The molecule has 2 aromatic rings. The molecule has 2 saturated heterocycles. The minimum Gasteiger partial charge on any atom is -0.373 e. The van der Waals surface area contributed by atoms with Gasteiger partial charge in [-0.15, -0.1) is 0 Å². The van der Waals surface area contributed by atoms with Gasteiger partial charge in [0.05, 0.1) is 23.9 Å². The van der Waals surface area contributed by atoms with Gasteiger partial charge in [0.1, 0.15) is 0 Å². The third-order valence-corrected chi connectivity index (χ3v) is 5.35. The predicted octanol–water partition coefficient (Wildman–Crippen LogP) is 1.68. The number of nitrogens with zero attached hydrogens (tertiary/aromatic N) is 2. The van der Waals surface area contributed by atoms with Crippen LogP contribution < -0.4 is 16.4 Å². The molecule has 1 unspecified atom stereocenters. The fraction of sp³-hybridized carbons (Fsp3) is 0.450. The van der Waals surface area contributed by atoms with Crippen LogP contribution >= 0.6 is 0 Å². The van der Waals surface area contributed by atoms with Gasteiger partial charge in [-0.05, 0) is 57.5 Å². The second-order valence-corrected chi connectivity index (χ2v) is 7.45. The average molecular weight is 367 g/mol. The highest BCUT2D eigenvalue weighted by atomic mass is 16.5. The highest BCUT2D eigenvalue weighted by Crippen LogP contribution is 2.34. The van der Waals surface area contributed by atoms with Crippen molar-refractivity contribution in [1.29, 1.82) is 0 Å². The van der Waals surface area contributed by atoms with E-state index in [0.717, 1.165) is 43.6 Å². The zero-order valence-corrected chi connectivity index (χ0v) is 15.5. The molecule has 7 heteroatoms. The first-order chi connectivity index (χ1) is 13.0. The lowest BCUT2D eigenvalue weighted by Crippen LogP contribution is -2.43. The molecule has 0 bridgehead atoms. The van der Waals surface area contributed by atoms with Crippen molar-refractivity contribution < 1.29 is 9.53 Å². The smallest absolute Gasteiger partial charge is 0.251 e. The second-order valence-electron chi connectivity index (χ2n) is 7.45. The van der Waals surface area contributed by atoms with Crippen LogP contribution in [0.1, 0.15) is 35.3 Å². The number of rotatable bonds is 3. The normalized spacial score (nSPS) is 21.3. The zero-order chi connectivity index (χ0) is 18.9. The molecule has 3 heterocycles. The number of aromatic nitrogens is 2. The first kappa shape index (κ1) is 17.9. The molecule has 0 saturated carbocycles. The molecule has 27 heavy (non-hydrogen) atoms. The lowest BCUT2D eigenvalue weighted by atomic mass is 9.88. The van der Waals surface area contributed by atoms with Crippen molar-refractivity contribution >= 4 is 11.9 Å². The Kier molecular flexibility index (Phi) is 4.80. The number of nitrogens with one attached hydrogen (secondary N) is 2. The highest BCUT2D eigenvalue weighted by Gasteiger charge is 2.41. The lowest BCUT2D eigenvalue weighted by Gasteiger charge is -2.32. The summed E-state index contributed by atoms with van der Waals surface area (Å²) in [5.74, 6) is 0.144. The SMILES string of the molecule is Cc1cc(-c2cccc(C(=O)NC3COC4(CCNCC4)C3)c2)nc(N)n1. The van der Waals surface area contributed by atoms with Gasteiger partial charge in [-0.25, -0.2) is 9.97 Å². The van der Waals surface area contributed by atoms with Crippen LogP contribution in [0.15, 0.2) is 30.3 Å². The summed E-state index contributed by atoms with van der Waals surface area (Å²) >= 11 is 0. The quantitative estimate of drug-likeness (QED) is 0.763. The van der Waals surface area contributed by atoms with E-state index < -0.39 is 0 Å². The molecule has 0 radical (unpaired) electrons. The molecular formula is C20H25N5O2. The Labute approximate surface area is 158 Å². The van der Waals surface area contributed by atoms with Crippen LogP contribution in [0.2, 0.25) is 0 Å². The molecule has 1 amide bonds. The van der Waals surface area contributed by atoms with Crippen LogP contribution in [-0.4, -0.2) is 47.2 Å². The number of carbonyl (C=O) groups excluding carboxylic acids is 1. The fourth-order valence-corrected chi connectivity index (χ4v) is 4.00. The standard InChI is InChI=1S/C20H25N5O2/c1-13-9-17(25-19(21)23-13)14-3-2-4-15(10-14)18(26)24-16-11-20(27-12-16)5-7-22-8-6-20/h2-4,9-10,16,22H,5-8,11-12H2,1H3,(H,24,26)(H2,21,23,25). The third kappa shape index (κ3) is 3.94. The van der Waals surface area contributed by atoms with Crippen molar-refractivity contribution in [2.24, 2.45) is 0 Å². The van der Waals surface area contributed by atoms with E-state index in [1.807, 2.05) is 37.3 Å². The van der Waals surface area contributed by atoms with Gasteiger partial charge in [0.2, 0.25) is 5.95 Å². The molecule has 142 valence electrons. The maximum atomic E-state index is 12.8. The van der Waals surface area contributed by atoms with Crippen LogP contribution in [0.5, 0.6) is 0 Å². The first-order valence-electron chi connectivity index (χ1n) is 9.40. The van der Waals surface area contributed by atoms with Gasteiger partial charge in [0.15, 0.2) is 0 Å². The lowest BCUT2D eigenvalue weighted by molar-refractivity contribution is -0.0194. The molecule has 7 nitrogen and oxygen atoms in total. The van der Waals surface area contributed by atoms with Crippen LogP contribution in [0.25, 0.3) is 11.3 Å². The van der Waals surface area contributed by atoms with Crippen molar-refractivity contribution in [2.75, 3.05) is 25.4 Å². The van der Waals surface area contributed by atoms with E-state index in [2.05, 4.69) is 20.6 Å². The number of hydrogen-bond acceptors (Lipinski definition) is 6. The third-order valence-electron chi connectivity index (χ3n) is 5.35. The number of aryl methyl sites for hydroxylation is 1. The molecule has 1 spiro atoms. The Balaban J connectivity index is 1.46. The Bertz CT molecular complexity index is 828. The number of anilines is 1. The second kappa shape index (κ2) is 7.25. The number of nitrogen functional groups attached to an aromatic ring is 1. The minimum atomic E-state index is -0.0878. The van der Waals surface area contributed by atoms with Crippen molar-refractivity contribution in [3.8, 4) is 11.3 Å². The van der Waals surface area contributed by atoms with Gasteiger partial charge >= 0.3 is 0 Å². The van der Waals surface area contributed by atoms with Gasteiger partial charge < -0.3 is 21.1 Å². The molecule has 2 fully saturated rings. The molecule has 1 atom stereocenters. The minimum absolute atomic E-state index is 0.0520. The fourth-order valence-electron chi connectivity index (χ4n) is 4.00. The summed E-state index contributed by atoms with van der Waals surface area (Å²) in [7, 11) is 0. The summed E-state index contributed by atoms with van der Waals surface area (Å²) in [5, 5.41) is 6.49. The Hall–Kier alpha value is -2.51.